The van der Waals surface area contributed by atoms with Gasteiger partial charge in [0.25, 0.3) is 0 Å². The van der Waals surface area contributed by atoms with Crippen LogP contribution in [0.1, 0.15) is 56.7 Å². The first-order valence-corrected chi connectivity index (χ1v) is 8.23. The molecule has 1 heterocycles. The van der Waals surface area contributed by atoms with Crippen molar-refractivity contribution in [2.45, 2.75) is 58.0 Å². The van der Waals surface area contributed by atoms with E-state index in [9.17, 15) is 0 Å². The first-order valence-electron chi connectivity index (χ1n) is 8.23. The zero-order chi connectivity index (χ0) is 14.4. The fourth-order valence-electron chi connectivity index (χ4n) is 3.02. The van der Waals surface area contributed by atoms with Gasteiger partial charge in [0.15, 0.2) is 0 Å². The Hall–Kier alpha value is -0.860. The lowest BCUT2D eigenvalue weighted by atomic mass is 10.0. The summed E-state index contributed by atoms with van der Waals surface area (Å²) in [4.78, 5) is 2.48. The van der Waals surface area contributed by atoms with Crippen molar-refractivity contribution in [3.63, 3.8) is 0 Å². The van der Waals surface area contributed by atoms with Crippen LogP contribution in [0.5, 0.6) is 0 Å². The van der Waals surface area contributed by atoms with Crippen LogP contribution in [0.25, 0.3) is 0 Å². The first kappa shape index (κ1) is 15.5. The van der Waals surface area contributed by atoms with Crippen molar-refractivity contribution in [2.24, 2.45) is 0 Å². The van der Waals surface area contributed by atoms with Crippen LogP contribution in [0.4, 0.5) is 0 Å². The number of aryl methyl sites for hydroxylation is 1. The van der Waals surface area contributed by atoms with Gasteiger partial charge in [-0.3, -0.25) is 0 Å². The Labute approximate surface area is 124 Å². The molecular formula is C18H30N2. The molecule has 1 fully saturated rings. The minimum Gasteiger partial charge on any atom is -0.309 e. The molecule has 2 rings (SSSR count). The Bertz CT molecular complexity index is 385. The van der Waals surface area contributed by atoms with E-state index >= 15 is 0 Å². The molecule has 1 saturated heterocycles. The van der Waals surface area contributed by atoms with Gasteiger partial charge in [-0.1, -0.05) is 37.6 Å². The van der Waals surface area contributed by atoms with Gasteiger partial charge in [-0.15, -0.1) is 0 Å². The molecule has 20 heavy (non-hydrogen) atoms. The molecule has 0 bridgehead atoms. The molecule has 1 aromatic rings. The predicted octanol–water partition coefficient (Wildman–Crippen LogP) is 3.77. The lowest BCUT2D eigenvalue weighted by Gasteiger charge is -2.23. The molecular weight excluding hydrogens is 244 g/mol. The van der Waals surface area contributed by atoms with Crippen molar-refractivity contribution in [3.05, 3.63) is 35.4 Å². The summed E-state index contributed by atoms with van der Waals surface area (Å²) in [5, 5.41) is 3.69. The van der Waals surface area contributed by atoms with Gasteiger partial charge in [-0.25, -0.2) is 0 Å². The number of benzene rings is 1. The highest BCUT2D eigenvalue weighted by molar-refractivity contribution is 5.24. The fourth-order valence-corrected chi connectivity index (χ4v) is 3.02. The van der Waals surface area contributed by atoms with E-state index in [0.29, 0.717) is 6.04 Å². The number of nitrogens with one attached hydrogen (secondary N) is 1. The average molecular weight is 274 g/mol. The van der Waals surface area contributed by atoms with Crippen LogP contribution in [-0.2, 0) is 6.42 Å². The molecule has 1 aliphatic rings. The zero-order valence-electron chi connectivity index (χ0n) is 13.4. The van der Waals surface area contributed by atoms with Crippen molar-refractivity contribution in [1.82, 2.24) is 10.2 Å². The summed E-state index contributed by atoms with van der Waals surface area (Å²) >= 11 is 0. The number of likely N-dealkylation sites (N-methyl/N-ethyl adjacent to an activating group) is 1. The van der Waals surface area contributed by atoms with E-state index < -0.39 is 0 Å². The van der Waals surface area contributed by atoms with E-state index in [4.69, 9.17) is 0 Å². The van der Waals surface area contributed by atoms with Crippen LogP contribution in [0.2, 0.25) is 0 Å². The molecule has 2 nitrogen and oxygen atoms in total. The maximum Gasteiger partial charge on any atom is 0.0292 e. The van der Waals surface area contributed by atoms with Crippen LogP contribution in [0, 0.1) is 0 Å². The Balaban J connectivity index is 1.81. The Morgan fingerprint density at radius 3 is 2.65 bits per heavy atom. The number of unbranched alkanes of at least 4 members (excludes halogenated alkanes) is 1. The van der Waals surface area contributed by atoms with Crippen LogP contribution in [0.15, 0.2) is 24.3 Å². The zero-order valence-corrected chi connectivity index (χ0v) is 13.4. The number of hydrogen-bond donors (Lipinski definition) is 1. The second-order valence-electron chi connectivity index (χ2n) is 6.25. The molecule has 112 valence electrons. The van der Waals surface area contributed by atoms with Gasteiger partial charge in [-0.2, -0.15) is 0 Å². The van der Waals surface area contributed by atoms with Gasteiger partial charge in [-0.05, 0) is 57.3 Å². The SMILES string of the molecule is CCCCc1ccc(C(C)NCC2CCCN2C)cc1. The van der Waals surface area contributed by atoms with Gasteiger partial charge in [0, 0.05) is 18.6 Å². The Kier molecular flexibility index (Phi) is 6.06. The molecule has 1 aliphatic heterocycles. The minimum atomic E-state index is 0.448. The van der Waals surface area contributed by atoms with Crippen LogP contribution >= 0.6 is 0 Å². The van der Waals surface area contributed by atoms with E-state index in [1.165, 1.54) is 49.8 Å². The van der Waals surface area contributed by atoms with E-state index in [1.54, 1.807) is 0 Å². The van der Waals surface area contributed by atoms with Crippen molar-refractivity contribution >= 4 is 0 Å². The predicted molar refractivity (Wildman–Crippen MR) is 87.1 cm³/mol. The van der Waals surface area contributed by atoms with Crippen molar-refractivity contribution in [3.8, 4) is 0 Å². The molecule has 2 atom stereocenters. The molecule has 0 radical (unpaired) electrons. The second kappa shape index (κ2) is 7.80. The summed E-state index contributed by atoms with van der Waals surface area (Å²) in [6.07, 6.45) is 6.47. The maximum absolute atomic E-state index is 3.69. The van der Waals surface area contributed by atoms with Gasteiger partial charge >= 0.3 is 0 Å². The van der Waals surface area contributed by atoms with Crippen LogP contribution in [0.3, 0.4) is 0 Å². The van der Waals surface area contributed by atoms with Crippen molar-refractivity contribution in [2.75, 3.05) is 20.1 Å². The Morgan fingerprint density at radius 1 is 1.30 bits per heavy atom. The fraction of sp³-hybridized carbons (Fsp3) is 0.667. The van der Waals surface area contributed by atoms with Crippen molar-refractivity contribution in [1.29, 1.82) is 0 Å². The number of hydrogen-bond acceptors (Lipinski definition) is 2. The van der Waals surface area contributed by atoms with Crippen molar-refractivity contribution < 1.29 is 0 Å². The first-order chi connectivity index (χ1) is 9.70. The summed E-state index contributed by atoms with van der Waals surface area (Å²) in [7, 11) is 2.24. The summed E-state index contributed by atoms with van der Waals surface area (Å²) < 4.78 is 0. The Morgan fingerprint density at radius 2 is 2.05 bits per heavy atom. The molecule has 0 aliphatic carbocycles. The highest BCUT2D eigenvalue weighted by Crippen LogP contribution is 2.17. The van der Waals surface area contributed by atoms with Gasteiger partial charge in [0.2, 0.25) is 0 Å². The van der Waals surface area contributed by atoms with Gasteiger partial charge < -0.3 is 10.2 Å². The summed E-state index contributed by atoms with van der Waals surface area (Å²) in [6.45, 7) is 6.89. The molecule has 1 aromatic carbocycles. The third kappa shape index (κ3) is 4.32. The average Bonchev–Trinajstić information content (AvgIpc) is 2.88. The third-order valence-electron chi connectivity index (χ3n) is 4.63. The van der Waals surface area contributed by atoms with E-state index in [-0.39, 0.29) is 0 Å². The molecule has 2 heteroatoms. The van der Waals surface area contributed by atoms with Crippen LogP contribution in [-0.4, -0.2) is 31.1 Å². The van der Waals surface area contributed by atoms with Crippen LogP contribution < -0.4 is 5.32 Å². The third-order valence-corrected chi connectivity index (χ3v) is 4.63. The van der Waals surface area contributed by atoms with Gasteiger partial charge in [0.05, 0.1) is 0 Å². The second-order valence-corrected chi connectivity index (χ2v) is 6.25. The molecule has 0 aromatic heterocycles. The lowest BCUT2D eigenvalue weighted by Crippen LogP contribution is -2.36. The molecule has 0 saturated carbocycles. The number of likely N-dealkylation sites (tertiary alicyclic amines) is 1. The highest BCUT2D eigenvalue weighted by Gasteiger charge is 2.20. The normalized spacial score (nSPS) is 21.2. The summed E-state index contributed by atoms with van der Waals surface area (Å²) in [5.74, 6) is 0. The highest BCUT2D eigenvalue weighted by atomic mass is 15.2. The molecule has 2 unspecified atom stereocenters. The topological polar surface area (TPSA) is 15.3 Å². The number of rotatable bonds is 7. The largest absolute Gasteiger partial charge is 0.309 e. The summed E-state index contributed by atoms with van der Waals surface area (Å²) in [5.41, 5.74) is 2.88. The monoisotopic (exact) mass is 274 g/mol. The molecule has 0 amide bonds. The smallest absolute Gasteiger partial charge is 0.0292 e. The minimum absolute atomic E-state index is 0.448. The lowest BCUT2D eigenvalue weighted by molar-refractivity contribution is 0.293. The molecule has 0 spiro atoms. The van der Waals surface area contributed by atoms with Gasteiger partial charge in [0.1, 0.15) is 0 Å². The van der Waals surface area contributed by atoms with E-state index in [0.717, 1.165) is 12.6 Å². The van der Waals surface area contributed by atoms with E-state index in [2.05, 4.69) is 55.4 Å². The maximum atomic E-state index is 3.69. The van der Waals surface area contributed by atoms with E-state index in [1.807, 2.05) is 0 Å². The standard InChI is InChI=1S/C18H30N2/c1-4-5-7-16-9-11-17(12-10-16)15(2)19-14-18-8-6-13-20(18)3/h9-12,15,18-19H,4-8,13-14H2,1-3H3. The number of nitrogens with zero attached hydrogens (tertiary/aromatic N) is 1. The summed E-state index contributed by atoms with van der Waals surface area (Å²) in [6, 6.07) is 10.4. The quantitative estimate of drug-likeness (QED) is 0.814. The molecule has 1 N–H and O–H groups in total.